The van der Waals surface area contributed by atoms with Crippen molar-refractivity contribution in [3.8, 4) is 0 Å². The summed E-state index contributed by atoms with van der Waals surface area (Å²) in [4.78, 5) is 15.1. The molecular weight excluding hydrogens is 362 g/mol. The Balaban J connectivity index is 1.39. The Morgan fingerprint density at radius 3 is 2.79 bits per heavy atom. The van der Waals surface area contributed by atoms with Gasteiger partial charge in [0.05, 0.1) is 5.69 Å². The zero-order valence-corrected chi connectivity index (χ0v) is 17.9. The smallest absolute Gasteiger partial charge is 0.223 e. The van der Waals surface area contributed by atoms with E-state index in [-0.39, 0.29) is 5.41 Å². The average Bonchev–Trinajstić information content (AvgIpc) is 3.18. The van der Waals surface area contributed by atoms with Gasteiger partial charge in [0.25, 0.3) is 0 Å². The number of benzene rings is 1. The summed E-state index contributed by atoms with van der Waals surface area (Å²) in [5.41, 5.74) is 3.66. The molecule has 1 saturated heterocycles. The molecule has 0 radical (unpaired) electrons. The van der Waals surface area contributed by atoms with Crippen molar-refractivity contribution in [1.29, 1.82) is 0 Å². The van der Waals surface area contributed by atoms with Crippen LogP contribution in [0.3, 0.4) is 0 Å². The molecule has 156 valence electrons. The van der Waals surface area contributed by atoms with Gasteiger partial charge in [-0.1, -0.05) is 50.2 Å². The Morgan fingerprint density at radius 2 is 2.03 bits per heavy atom. The van der Waals surface area contributed by atoms with E-state index in [2.05, 4.69) is 66.5 Å². The fourth-order valence-corrected chi connectivity index (χ4v) is 4.58. The molecule has 1 aromatic heterocycles. The molecule has 2 aromatic rings. The van der Waals surface area contributed by atoms with Crippen LogP contribution in [0.25, 0.3) is 0 Å². The second-order valence-electron chi connectivity index (χ2n) is 9.69. The van der Waals surface area contributed by atoms with Gasteiger partial charge in [0.15, 0.2) is 0 Å². The van der Waals surface area contributed by atoms with E-state index >= 15 is 0 Å². The summed E-state index contributed by atoms with van der Waals surface area (Å²) in [6.45, 7) is 9.93. The lowest BCUT2D eigenvalue weighted by molar-refractivity contribution is -0.133. The lowest BCUT2D eigenvalue weighted by Gasteiger charge is -2.34. The van der Waals surface area contributed by atoms with Crippen molar-refractivity contribution < 1.29 is 9.32 Å². The third-order valence-electron chi connectivity index (χ3n) is 6.45. The normalized spacial score (nSPS) is 22.4. The van der Waals surface area contributed by atoms with Gasteiger partial charge in [0.2, 0.25) is 5.91 Å². The molecule has 1 amide bonds. The monoisotopic (exact) mass is 395 g/mol. The van der Waals surface area contributed by atoms with Gasteiger partial charge < -0.3 is 14.7 Å². The number of rotatable bonds is 4. The number of aromatic nitrogens is 1. The van der Waals surface area contributed by atoms with Crippen molar-refractivity contribution in [2.75, 3.05) is 19.6 Å². The van der Waals surface area contributed by atoms with Crippen molar-refractivity contribution in [1.82, 2.24) is 15.4 Å². The largest absolute Gasteiger partial charge is 0.361 e. The topological polar surface area (TPSA) is 58.4 Å². The minimum absolute atomic E-state index is 0.0318. The van der Waals surface area contributed by atoms with Crippen molar-refractivity contribution in [3.63, 3.8) is 0 Å². The summed E-state index contributed by atoms with van der Waals surface area (Å²) in [5, 5.41) is 7.81. The fourth-order valence-electron chi connectivity index (χ4n) is 4.58. The van der Waals surface area contributed by atoms with E-state index in [1.165, 1.54) is 11.1 Å². The van der Waals surface area contributed by atoms with E-state index in [1.54, 1.807) is 0 Å². The minimum atomic E-state index is -0.0318. The standard InChI is InChI=1S/C24H33N3O2/c1-24(2,3)22-14-21(26-29-22)12-20-15-25-10-8-18(20)13-23(28)27-11-9-17-6-4-5-7-19(17)16-27/h4-7,14,18,20,25H,8-13,15-16H2,1-3H3. The molecule has 2 aliphatic heterocycles. The first kappa shape index (κ1) is 20.1. The fraction of sp³-hybridized carbons (Fsp3) is 0.583. The van der Waals surface area contributed by atoms with Crippen LogP contribution in [0.1, 0.15) is 56.2 Å². The van der Waals surface area contributed by atoms with E-state index < -0.39 is 0 Å². The molecular formula is C24H33N3O2. The van der Waals surface area contributed by atoms with Crippen LogP contribution in [-0.4, -0.2) is 35.6 Å². The Labute approximate surface area is 173 Å². The first-order valence-electron chi connectivity index (χ1n) is 10.9. The molecule has 4 rings (SSSR count). The molecule has 0 saturated carbocycles. The van der Waals surface area contributed by atoms with Crippen molar-refractivity contribution in [3.05, 3.63) is 52.9 Å². The zero-order valence-electron chi connectivity index (χ0n) is 17.9. The molecule has 1 N–H and O–H groups in total. The van der Waals surface area contributed by atoms with Crippen LogP contribution in [0.15, 0.2) is 34.9 Å². The molecule has 0 aliphatic carbocycles. The first-order chi connectivity index (χ1) is 13.9. The van der Waals surface area contributed by atoms with E-state index in [0.29, 0.717) is 24.2 Å². The molecule has 5 heteroatoms. The molecule has 2 aliphatic rings. The van der Waals surface area contributed by atoms with Crippen LogP contribution in [0.5, 0.6) is 0 Å². The van der Waals surface area contributed by atoms with Gasteiger partial charge in [-0.2, -0.15) is 0 Å². The highest BCUT2D eigenvalue weighted by molar-refractivity contribution is 5.76. The predicted molar refractivity (Wildman–Crippen MR) is 114 cm³/mol. The summed E-state index contributed by atoms with van der Waals surface area (Å²) in [6, 6.07) is 10.6. The second kappa shape index (κ2) is 8.31. The van der Waals surface area contributed by atoms with Crippen molar-refractivity contribution >= 4 is 5.91 Å². The summed E-state index contributed by atoms with van der Waals surface area (Å²) in [6.07, 6.45) is 3.52. The van der Waals surface area contributed by atoms with Crippen molar-refractivity contribution in [2.45, 2.75) is 58.4 Å². The molecule has 3 heterocycles. The van der Waals surface area contributed by atoms with Crippen LogP contribution in [0.2, 0.25) is 0 Å². The van der Waals surface area contributed by atoms with Crippen molar-refractivity contribution in [2.24, 2.45) is 11.8 Å². The van der Waals surface area contributed by atoms with E-state index in [0.717, 1.165) is 56.9 Å². The SMILES string of the molecule is CC(C)(C)c1cc(CC2CNCCC2CC(=O)N2CCc3ccccc3C2)no1. The van der Waals surface area contributed by atoms with Crippen LogP contribution in [0, 0.1) is 11.8 Å². The highest BCUT2D eigenvalue weighted by Crippen LogP contribution is 2.30. The Morgan fingerprint density at radius 1 is 1.24 bits per heavy atom. The highest BCUT2D eigenvalue weighted by atomic mass is 16.5. The number of hydrogen-bond acceptors (Lipinski definition) is 4. The second-order valence-corrected chi connectivity index (χ2v) is 9.69. The van der Waals surface area contributed by atoms with Gasteiger partial charge in [0.1, 0.15) is 5.76 Å². The molecule has 0 spiro atoms. The predicted octanol–water partition coefficient (Wildman–Crippen LogP) is 3.72. The number of carbonyl (C=O) groups excluding carboxylic acids is 1. The van der Waals surface area contributed by atoms with Gasteiger partial charge in [-0.3, -0.25) is 4.79 Å². The maximum Gasteiger partial charge on any atom is 0.223 e. The van der Waals surface area contributed by atoms with E-state index in [9.17, 15) is 4.79 Å². The molecule has 0 bridgehead atoms. The zero-order chi connectivity index (χ0) is 20.4. The molecule has 1 fully saturated rings. The first-order valence-corrected chi connectivity index (χ1v) is 10.9. The summed E-state index contributed by atoms with van der Waals surface area (Å²) >= 11 is 0. The molecule has 1 aromatic carbocycles. The average molecular weight is 396 g/mol. The number of hydrogen-bond donors (Lipinski definition) is 1. The molecule has 2 unspecified atom stereocenters. The lowest BCUT2D eigenvalue weighted by Crippen LogP contribution is -2.42. The Bertz CT molecular complexity index is 852. The molecule has 29 heavy (non-hydrogen) atoms. The van der Waals surface area contributed by atoms with Gasteiger partial charge in [-0.05, 0) is 55.3 Å². The quantitative estimate of drug-likeness (QED) is 0.857. The minimum Gasteiger partial charge on any atom is -0.361 e. The van der Waals surface area contributed by atoms with Gasteiger partial charge in [-0.25, -0.2) is 0 Å². The lowest BCUT2D eigenvalue weighted by atomic mass is 9.80. The molecule has 2 atom stereocenters. The Hall–Kier alpha value is -2.14. The number of nitrogens with zero attached hydrogens (tertiary/aromatic N) is 2. The summed E-state index contributed by atoms with van der Waals surface area (Å²) in [7, 11) is 0. The number of piperidine rings is 1. The van der Waals surface area contributed by atoms with Gasteiger partial charge in [0, 0.05) is 31.0 Å². The summed E-state index contributed by atoms with van der Waals surface area (Å²) in [5.74, 6) is 2.04. The van der Waals surface area contributed by atoms with Crippen LogP contribution in [0.4, 0.5) is 0 Å². The van der Waals surface area contributed by atoms with Gasteiger partial charge >= 0.3 is 0 Å². The number of carbonyl (C=O) groups is 1. The maximum atomic E-state index is 13.1. The summed E-state index contributed by atoms with van der Waals surface area (Å²) < 4.78 is 5.57. The van der Waals surface area contributed by atoms with E-state index in [4.69, 9.17) is 4.52 Å². The molecule has 5 nitrogen and oxygen atoms in total. The third-order valence-corrected chi connectivity index (χ3v) is 6.45. The van der Waals surface area contributed by atoms with E-state index in [1.807, 2.05) is 0 Å². The maximum absolute atomic E-state index is 13.1. The van der Waals surface area contributed by atoms with Crippen LogP contribution in [-0.2, 0) is 29.6 Å². The number of fused-ring (bicyclic) bond motifs is 1. The van der Waals surface area contributed by atoms with Crippen LogP contribution >= 0.6 is 0 Å². The van der Waals surface area contributed by atoms with Gasteiger partial charge in [-0.15, -0.1) is 0 Å². The van der Waals surface area contributed by atoms with Crippen LogP contribution < -0.4 is 5.32 Å². The Kier molecular flexibility index (Phi) is 5.77. The number of nitrogens with one attached hydrogen (secondary N) is 1. The highest BCUT2D eigenvalue weighted by Gasteiger charge is 2.31. The third kappa shape index (κ3) is 4.72. The number of amides is 1.